The Labute approximate surface area is 120 Å². The van der Waals surface area contributed by atoms with Gasteiger partial charge in [0, 0.05) is 19.2 Å². The van der Waals surface area contributed by atoms with Gasteiger partial charge in [-0.15, -0.1) is 0 Å². The molecule has 0 fully saturated rings. The predicted octanol–water partition coefficient (Wildman–Crippen LogP) is 3.44. The molecule has 0 spiro atoms. The molecule has 0 saturated carbocycles. The van der Waals surface area contributed by atoms with Gasteiger partial charge in [0.1, 0.15) is 5.69 Å². The van der Waals surface area contributed by atoms with Crippen LogP contribution < -0.4 is 5.73 Å². The van der Waals surface area contributed by atoms with Crippen molar-refractivity contribution in [3.63, 3.8) is 0 Å². The zero-order valence-electron chi connectivity index (χ0n) is 12.6. The van der Waals surface area contributed by atoms with Crippen molar-refractivity contribution in [2.45, 2.75) is 40.2 Å². The van der Waals surface area contributed by atoms with E-state index in [1.807, 2.05) is 6.07 Å². The van der Waals surface area contributed by atoms with E-state index in [0.717, 1.165) is 31.5 Å². The van der Waals surface area contributed by atoms with Gasteiger partial charge in [0.15, 0.2) is 0 Å². The van der Waals surface area contributed by atoms with E-state index in [9.17, 15) is 10.1 Å². The van der Waals surface area contributed by atoms with E-state index in [4.69, 9.17) is 5.73 Å². The topological polar surface area (TPSA) is 72.4 Å². The molecular weight excluding hydrogens is 254 g/mol. The molecule has 0 bridgehead atoms. The van der Waals surface area contributed by atoms with Crippen molar-refractivity contribution in [1.29, 1.82) is 0 Å². The molecule has 1 aromatic carbocycles. The Balaban J connectivity index is 2.85. The Kier molecular flexibility index (Phi) is 6.45. The van der Waals surface area contributed by atoms with Gasteiger partial charge in [0.25, 0.3) is 5.69 Å². The minimum absolute atomic E-state index is 0.00101. The number of hydrogen-bond acceptors (Lipinski definition) is 4. The molecule has 20 heavy (non-hydrogen) atoms. The average Bonchev–Trinajstić information content (AvgIpc) is 2.44. The van der Waals surface area contributed by atoms with Gasteiger partial charge in [-0.25, -0.2) is 0 Å². The number of nitrogen functional groups attached to an aromatic ring is 1. The largest absolute Gasteiger partial charge is 0.393 e. The molecule has 2 N–H and O–H groups in total. The lowest BCUT2D eigenvalue weighted by Crippen LogP contribution is -2.29. The summed E-state index contributed by atoms with van der Waals surface area (Å²) in [5, 5.41) is 10.9. The minimum Gasteiger partial charge on any atom is -0.393 e. The molecule has 5 heteroatoms. The number of nitro groups is 1. The molecule has 5 nitrogen and oxygen atoms in total. The van der Waals surface area contributed by atoms with Gasteiger partial charge in [-0.1, -0.05) is 45.7 Å². The van der Waals surface area contributed by atoms with Gasteiger partial charge in [-0.3, -0.25) is 15.0 Å². The maximum Gasteiger partial charge on any atom is 0.292 e. The van der Waals surface area contributed by atoms with E-state index < -0.39 is 4.92 Å². The van der Waals surface area contributed by atoms with Crippen LogP contribution in [-0.2, 0) is 6.54 Å². The summed E-state index contributed by atoms with van der Waals surface area (Å²) >= 11 is 0. The molecule has 0 amide bonds. The van der Waals surface area contributed by atoms with Crippen LogP contribution in [-0.4, -0.2) is 22.9 Å². The van der Waals surface area contributed by atoms with Crippen LogP contribution in [0.5, 0.6) is 0 Å². The van der Waals surface area contributed by atoms with Crippen LogP contribution in [0.2, 0.25) is 0 Å². The summed E-state index contributed by atoms with van der Waals surface area (Å²) in [5.74, 6) is 0.662. The molecule has 0 aliphatic carbocycles. The molecule has 0 aliphatic rings. The second-order valence-electron chi connectivity index (χ2n) is 5.12. The van der Waals surface area contributed by atoms with Crippen LogP contribution in [0.15, 0.2) is 18.2 Å². The second kappa shape index (κ2) is 7.85. The lowest BCUT2D eigenvalue weighted by Gasteiger charge is -2.25. The maximum absolute atomic E-state index is 10.9. The van der Waals surface area contributed by atoms with Gasteiger partial charge in [-0.05, 0) is 18.0 Å². The number of benzene rings is 1. The fraction of sp³-hybridized carbons (Fsp3) is 0.600. The molecule has 1 rings (SSSR count). The molecule has 0 heterocycles. The van der Waals surface area contributed by atoms with Crippen molar-refractivity contribution < 1.29 is 4.92 Å². The number of nitrogens with zero attached hydrogens (tertiary/aromatic N) is 2. The summed E-state index contributed by atoms with van der Waals surface area (Å²) in [6.45, 7) is 9.09. The summed E-state index contributed by atoms with van der Waals surface area (Å²) in [5.41, 5.74) is 7.05. The molecule has 112 valence electrons. The minimum atomic E-state index is -0.421. The average molecular weight is 279 g/mol. The number of rotatable bonds is 8. The summed E-state index contributed by atoms with van der Waals surface area (Å²) < 4.78 is 0. The van der Waals surface area contributed by atoms with Crippen LogP contribution in [0.3, 0.4) is 0 Å². The van der Waals surface area contributed by atoms with Gasteiger partial charge < -0.3 is 5.73 Å². The molecule has 0 saturated heterocycles. The summed E-state index contributed by atoms with van der Waals surface area (Å²) in [7, 11) is 0. The van der Waals surface area contributed by atoms with Crippen LogP contribution >= 0.6 is 0 Å². The van der Waals surface area contributed by atoms with Crippen molar-refractivity contribution >= 4 is 11.4 Å². The Hall–Kier alpha value is -1.62. The second-order valence-corrected chi connectivity index (χ2v) is 5.12. The van der Waals surface area contributed by atoms with Gasteiger partial charge >= 0.3 is 0 Å². The highest BCUT2D eigenvalue weighted by atomic mass is 16.6. The van der Waals surface area contributed by atoms with Crippen molar-refractivity contribution in [2.75, 3.05) is 18.8 Å². The third-order valence-electron chi connectivity index (χ3n) is 3.88. The lowest BCUT2D eigenvalue weighted by molar-refractivity contribution is -0.384. The maximum atomic E-state index is 10.9. The molecule has 0 aromatic heterocycles. The van der Waals surface area contributed by atoms with Crippen LogP contribution in [0.25, 0.3) is 0 Å². The highest BCUT2D eigenvalue weighted by Crippen LogP contribution is 2.26. The van der Waals surface area contributed by atoms with Crippen molar-refractivity contribution in [2.24, 2.45) is 5.92 Å². The fourth-order valence-corrected chi connectivity index (χ4v) is 2.35. The van der Waals surface area contributed by atoms with Crippen LogP contribution in [0.4, 0.5) is 11.4 Å². The first-order valence-corrected chi connectivity index (χ1v) is 7.27. The fourth-order valence-electron chi connectivity index (χ4n) is 2.35. The smallest absolute Gasteiger partial charge is 0.292 e. The monoisotopic (exact) mass is 279 g/mol. The van der Waals surface area contributed by atoms with E-state index in [0.29, 0.717) is 18.2 Å². The van der Waals surface area contributed by atoms with Crippen molar-refractivity contribution in [3.05, 3.63) is 33.9 Å². The Morgan fingerprint density at radius 1 is 1.30 bits per heavy atom. The van der Waals surface area contributed by atoms with E-state index in [-0.39, 0.29) is 5.69 Å². The molecule has 0 aliphatic heterocycles. The number of nitrogens with two attached hydrogens (primary N) is 1. The lowest BCUT2D eigenvalue weighted by atomic mass is 10.0. The Bertz CT molecular complexity index is 445. The Morgan fingerprint density at radius 2 is 1.95 bits per heavy atom. The predicted molar refractivity (Wildman–Crippen MR) is 82.5 cm³/mol. The summed E-state index contributed by atoms with van der Waals surface area (Å²) in [6, 6.07) is 5.03. The highest BCUT2D eigenvalue weighted by Gasteiger charge is 2.17. The normalized spacial score (nSPS) is 11.2. The van der Waals surface area contributed by atoms with Gasteiger partial charge in [0.2, 0.25) is 0 Å². The van der Waals surface area contributed by atoms with Gasteiger partial charge in [-0.2, -0.15) is 0 Å². The molecule has 0 atom stereocenters. The number of hydrogen-bond donors (Lipinski definition) is 1. The van der Waals surface area contributed by atoms with E-state index in [2.05, 4.69) is 25.7 Å². The molecule has 0 unspecified atom stereocenters. The van der Waals surface area contributed by atoms with E-state index >= 15 is 0 Å². The van der Waals surface area contributed by atoms with Crippen molar-refractivity contribution in [3.8, 4) is 0 Å². The number of anilines is 1. The molecule has 0 radical (unpaired) electrons. The zero-order chi connectivity index (χ0) is 15.1. The highest BCUT2D eigenvalue weighted by molar-refractivity contribution is 5.62. The van der Waals surface area contributed by atoms with Crippen LogP contribution in [0.1, 0.15) is 39.2 Å². The first-order valence-electron chi connectivity index (χ1n) is 7.27. The van der Waals surface area contributed by atoms with Crippen LogP contribution in [0, 0.1) is 16.0 Å². The SMILES string of the molecule is CCC(CC)CN(CC)Cc1cccc([N+](=O)[O-])c1N. The van der Waals surface area contributed by atoms with Gasteiger partial charge in [0.05, 0.1) is 4.92 Å². The first kappa shape index (κ1) is 16.4. The van der Waals surface area contributed by atoms with E-state index in [1.54, 1.807) is 6.07 Å². The third kappa shape index (κ3) is 4.20. The third-order valence-corrected chi connectivity index (χ3v) is 3.88. The zero-order valence-corrected chi connectivity index (χ0v) is 12.6. The number of para-hydroxylation sites is 1. The Morgan fingerprint density at radius 3 is 2.45 bits per heavy atom. The first-order chi connectivity index (χ1) is 9.53. The quantitative estimate of drug-likeness (QED) is 0.449. The van der Waals surface area contributed by atoms with Crippen molar-refractivity contribution in [1.82, 2.24) is 4.90 Å². The molecule has 1 aromatic rings. The van der Waals surface area contributed by atoms with E-state index in [1.165, 1.54) is 6.07 Å². The summed E-state index contributed by atoms with van der Waals surface area (Å²) in [6.07, 6.45) is 2.30. The molecular formula is C15H25N3O2. The summed E-state index contributed by atoms with van der Waals surface area (Å²) in [4.78, 5) is 12.8. The standard InChI is InChI=1S/C15H25N3O2/c1-4-12(5-2)10-17(6-3)11-13-8-7-9-14(15(13)16)18(19)20/h7-9,12H,4-6,10-11,16H2,1-3H3. The number of nitro benzene ring substituents is 1.